The molecule has 0 saturated carbocycles. The van der Waals surface area contributed by atoms with Crippen molar-refractivity contribution >= 4 is 11.8 Å². The summed E-state index contributed by atoms with van der Waals surface area (Å²) < 4.78 is 0. The number of hydrogen-bond acceptors (Lipinski definition) is 4. The van der Waals surface area contributed by atoms with Gasteiger partial charge in [-0.25, -0.2) is 0 Å². The second-order valence-corrected chi connectivity index (χ2v) is 7.54. The van der Waals surface area contributed by atoms with Crippen molar-refractivity contribution in [1.29, 1.82) is 0 Å². The van der Waals surface area contributed by atoms with Crippen LogP contribution in [0.1, 0.15) is 23.1 Å². The van der Waals surface area contributed by atoms with Gasteiger partial charge in [-0.15, -0.1) is 0 Å². The number of carbonyl (C=O) groups is 2. The summed E-state index contributed by atoms with van der Waals surface area (Å²) >= 11 is 0. The zero-order valence-electron chi connectivity index (χ0n) is 15.9. The molecule has 2 aliphatic rings. The molecule has 1 aliphatic carbocycles. The van der Waals surface area contributed by atoms with Crippen molar-refractivity contribution in [2.75, 3.05) is 19.6 Å². The Balaban J connectivity index is 1.34. The van der Waals surface area contributed by atoms with Gasteiger partial charge >= 0.3 is 0 Å². The highest BCUT2D eigenvalue weighted by Crippen LogP contribution is 2.28. The van der Waals surface area contributed by atoms with Gasteiger partial charge in [0.25, 0.3) is 0 Å². The third-order valence-electron chi connectivity index (χ3n) is 5.71. The number of carbonyl (C=O) groups excluding carboxylic acids is 2. The standard InChI is InChI=1S/C22H26N4O2/c27-21(24-9-7-16-4-3-8-23-15-16)14-20-22(28)25-10-11-26(20)19-12-17-5-1-2-6-18(17)13-19/h1-6,8,15,19-20H,7,9-14H2,(H,24,27)(H,25,28). The summed E-state index contributed by atoms with van der Waals surface area (Å²) in [5.74, 6) is -0.115. The lowest BCUT2D eigenvalue weighted by Gasteiger charge is -2.38. The number of nitrogens with one attached hydrogen (secondary N) is 2. The lowest BCUT2D eigenvalue weighted by molar-refractivity contribution is -0.135. The molecule has 0 bridgehead atoms. The summed E-state index contributed by atoms with van der Waals surface area (Å²) in [4.78, 5) is 31.3. The van der Waals surface area contributed by atoms with Gasteiger partial charge < -0.3 is 10.6 Å². The van der Waals surface area contributed by atoms with Gasteiger partial charge in [0, 0.05) is 38.1 Å². The Kier molecular flexibility index (Phi) is 5.67. The Labute approximate surface area is 165 Å². The van der Waals surface area contributed by atoms with Crippen molar-refractivity contribution in [2.45, 2.75) is 37.8 Å². The predicted octanol–water partition coefficient (Wildman–Crippen LogP) is 1.10. The molecule has 1 aromatic carbocycles. The van der Waals surface area contributed by atoms with Crippen LogP contribution in [0.2, 0.25) is 0 Å². The van der Waals surface area contributed by atoms with E-state index in [2.05, 4.69) is 44.8 Å². The minimum absolute atomic E-state index is 0.0374. The van der Waals surface area contributed by atoms with Crippen LogP contribution in [-0.2, 0) is 28.9 Å². The van der Waals surface area contributed by atoms with Crippen LogP contribution in [-0.4, -0.2) is 53.4 Å². The van der Waals surface area contributed by atoms with E-state index in [9.17, 15) is 9.59 Å². The van der Waals surface area contributed by atoms with Crippen molar-refractivity contribution in [2.24, 2.45) is 0 Å². The number of aromatic nitrogens is 1. The Bertz CT molecular complexity index is 814. The zero-order chi connectivity index (χ0) is 19.3. The minimum atomic E-state index is -0.397. The minimum Gasteiger partial charge on any atom is -0.356 e. The van der Waals surface area contributed by atoms with Crippen molar-refractivity contribution in [3.05, 3.63) is 65.5 Å². The van der Waals surface area contributed by atoms with Crippen LogP contribution in [0.3, 0.4) is 0 Å². The fraction of sp³-hybridized carbons (Fsp3) is 0.409. The third kappa shape index (κ3) is 4.22. The molecule has 1 atom stereocenters. The molecule has 1 aliphatic heterocycles. The molecular weight excluding hydrogens is 352 g/mol. The molecule has 2 N–H and O–H groups in total. The molecule has 2 aromatic rings. The van der Waals surface area contributed by atoms with Gasteiger partial charge in [-0.2, -0.15) is 0 Å². The number of piperazine rings is 1. The number of nitrogens with zero attached hydrogens (tertiary/aromatic N) is 2. The molecule has 1 unspecified atom stereocenters. The highest BCUT2D eigenvalue weighted by molar-refractivity contribution is 5.88. The van der Waals surface area contributed by atoms with E-state index in [0.29, 0.717) is 13.1 Å². The van der Waals surface area contributed by atoms with Crippen molar-refractivity contribution in [3.8, 4) is 0 Å². The van der Waals surface area contributed by atoms with Crippen LogP contribution < -0.4 is 10.6 Å². The fourth-order valence-electron chi connectivity index (χ4n) is 4.29. The Hall–Kier alpha value is -2.73. The van der Waals surface area contributed by atoms with Gasteiger partial charge in [0.05, 0.1) is 12.5 Å². The van der Waals surface area contributed by atoms with Crippen molar-refractivity contribution < 1.29 is 9.59 Å². The van der Waals surface area contributed by atoms with Crippen LogP contribution in [0.4, 0.5) is 0 Å². The van der Waals surface area contributed by atoms with E-state index in [0.717, 1.165) is 31.4 Å². The summed E-state index contributed by atoms with van der Waals surface area (Å²) in [6.07, 6.45) is 6.37. The number of rotatable bonds is 6. The van der Waals surface area contributed by atoms with E-state index in [1.807, 2.05) is 12.1 Å². The topological polar surface area (TPSA) is 74.3 Å². The van der Waals surface area contributed by atoms with Crippen LogP contribution in [0, 0.1) is 0 Å². The molecule has 2 amide bonds. The average molecular weight is 378 g/mol. The molecule has 146 valence electrons. The summed E-state index contributed by atoms with van der Waals surface area (Å²) in [5, 5.41) is 5.88. The lowest BCUT2D eigenvalue weighted by Crippen LogP contribution is -2.59. The van der Waals surface area contributed by atoms with E-state index in [-0.39, 0.29) is 24.3 Å². The second-order valence-electron chi connectivity index (χ2n) is 7.54. The van der Waals surface area contributed by atoms with Gasteiger partial charge in [0.2, 0.25) is 11.8 Å². The van der Waals surface area contributed by atoms with Gasteiger partial charge in [0.15, 0.2) is 0 Å². The van der Waals surface area contributed by atoms with E-state index in [1.165, 1.54) is 11.1 Å². The van der Waals surface area contributed by atoms with Gasteiger partial charge in [-0.1, -0.05) is 30.3 Å². The maximum atomic E-state index is 12.5. The molecule has 1 fully saturated rings. The SMILES string of the molecule is O=C(CC1C(=O)NCCN1C1Cc2ccccc2C1)NCCc1cccnc1. The smallest absolute Gasteiger partial charge is 0.237 e. The van der Waals surface area contributed by atoms with Crippen LogP contribution in [0.15, 0.2) is 48.8 Å². The van der Waals surface area contributed by atoms with Gasteiger partial charge in [-0.05, 0) is 42.0 Å². The molecule has 0 radical (unpaired) electrons. The van der Waals surface area contributed by atoms with E-state index < -0.39 is 6.04 Å². The molecule has 6 nitrogen and oxygen atoms in total. The quantitative estimate of drug-likeness (QED) is 0.789. The number of hydrogen-bond donors (Lipinski definition) is 2. The summed E-state index contributed by atoms with van der Waals surface area (Å²) in [6, 6.07) is 12.2. The molecule has 0 spiro atoms. The van der Waals surface area contributed by atoms with E-state index in [1.54, 1.807) is 12.4 Å². The van der Waals surface area contributed by atoms with Gasteiger partial charge in [-0.3, -0.25) is 19.5 Å². The highest BCUT2D eigenvalue weighted by Gasteiger charge is 2.37. The Morgan fingerprint density at radius 3 is 2.68 bits per heavy atom. The molecule has 1 saturated heterocycles. The first-order valence-corrected chi connectivity index (χ1v) is 9.96. The lowest BCUT2D eigenvalue weighted by atomic mass is 10.0. The van der Waals surface area contributed by atoms with Crippen LogP contribution in [0.5, 0.6) is 0 Å². The zero-order valence-corrected chi connectivity index (χ0v) is 15.9. The normalized spacial score (nSPS) is 19.9. The predicted molar refractivity (Wildman–Crippen MR) is 107 cm³/mol. The first kappa shape index (κ1) is 18.6. The average Bonchev–Trinajstić information content (AvgIpc) is 3.14. The second kappa shape index (κ2) is 8.52. The molecule has 4 rings (SSSR count). The number of fused-ring (bicyclic) bond motifs is 1. The maximum absolute atomic E-state index is 12.5. The Morgan fingerprint density at radius 2 is 1.96 bits per heavy atom. The molecule has 1 aromatic heterocycles. The number of amides is 2. The highest BCUT2D eigenvalue weighted by atomic mass is 16.2. The first-order chi connectivity index (χ1) is 13.7. The van der Waals surface area contributed by atoms with E-state index >= 15 is 0 Å². The molecule has 2 heterocycles. The first-order valence-electron chi connectivity index (χ1n) is 9.96. The van der Waals surface area contributed by atoms with Crippen molar-refractivity contribution in [3.63, 3.8) is 0 Å². The third-order valence-corrected chi connectivity index (χ3v) is 5.71. The molecule has 6 heteroatoms. The van der Waals surface area contributed by atoms with E-state index in [4.69, 9.17) is 0 Å². The van der Waals surface area contributed by atoms with Crippen molar-refractivity contribution in [1.82, 2.24) is 20.5 Å². The number of benzene rings is 1. The van der Waals surface area contributed by atoms with Crippen LogP contribution in [0.25, 0.3) is 0 Å². The maximum Gasteiger partial charge on any atom is 0.237 e. The van der Waals surface area contributed by atoms with Gasteiger partial charge in [0.1, 0.15) is 0 Å². The van der Waals surface area contributed by atoms with Crippen LogP contribution >= 0.6 is 0 Å². The largest absolute Gasteiger partial charge is 0.356 e. The Morgan fingerprint density at radius 1 is 1.18 bits per heavy atom. The molecular formula is C22H26N4O2. The number of pyridine rings is 1. The summed E-state index contributed by atoms with van der Waals surface area (Å²) in [5.41, 5.74) is 3.81. The molecule has 28 heavy (non-hydrogen) atoms. The monoisotopic (exact) mass is 378 g/mol. The summed E-state index contributed by atoms with van der Waals surface area (Å²) in [7, 11) is 0. The summed E-state index contributed by atoms with van der Waals surface area (Å²) in [6.45, 7) is 1.98. The fourth-order valence-corrected chi connectivity index (χ4v) is 4.29.